The molecular formula is C20H16FN3O4S. The van der Waals surface area contributed by atoms with Crippen LogP contribution in [-0.4, -0.2) is 24.4 Å². The monoisotopic (exact) mass is 413 g/mol. The second-order valence-corrected chi connectivity index (χ2v) is 6.02. The number of esters is 1. The summed E-state index contributed by atoms with van der Waals surface area (Å²) < 4.78 is 28.5. The summed E-state index contributed by atoms with van der Waals surface area (Å²) in [5.41, 5.74) is 3.96. The lowest BCUT2D eigenvalue weighted by Gasteiger charge is -2.09. The Morgan fingerprint density at radius 2 is 1.97 bits per heavy atom. The number of nitrogens with zero attached hydrogens (tertiary/aromatic N) is 1. The zero-order valence-corrected chi connectivity index (χ0v) is 16.0. The van der Waals surface area contributed by atoms with E-state index in [0.717, 1.165) is 0 Å². The van der Waals surface area contributed by atoms with Crippen molar-refractivity contribution in [1.82, 2.24) is 5.43 Å². The van der Waals surface area contributed by atoms with Crippen LogP contribution < -0.4 is 20.2 Å². The maximum atomic E-state index is 12.9. The maximum Gasteiger partial charge on any atom is 0.379 e. The van der Waals surface area contributed by atoms with Crippen molar-refractivity contribution in [1.29, 1.82) is 0 Å². The fourth-order valence-electron chi connectivity index (χ4n) is 2.25. The molecule has 0 aliphatic heterocycles. The number of carbonyl (C=O) groups is 1. The summed E-state index contributed by atoms with van der Waals surface area (Å²) in [5.74, 6) is -0.286. The zero-order valence-electron chi connectivity index (χ0n) is 15.2. The number of rotatable bonds is 6. The van der Waals surface area contributed by atoms with E-state index in [1.165, 1.54) is 37.8 Å². The molecular weight excluding hydrogens is 397 g/mol. The number of methoxy groups -OCH3 is 1. The highest BCUT2D eigenvalue weighted by atomic mass is 32.1. The zero-order chi connectivity index (χ0) is 20.6. The Labute approximate surface area is 171 Å². The molecule has 1 aromatic heterocycles. The van der Waals surface area contributed by atoms with Crippen molar-refractivity contribution < 1.29 is 23.1 Å². The molecule has 0 atom stereocenters. The normalized spacial score (nSPS) is 10.6. The molecule has 0 radical (unpaired) electrons. The van der Waals surface area contributed by atoms with Crippen LogP contribution in [0.4, 0.5) is 10.1 Å². The number of carbonyl (C=O) groups excluding carboxylic acids is 1. The second kappa shape index (κ2) is 9.47. The van der Waals surface area contributed by atoms with E-state index in [4.69, 9.17) is 26.1 Å². The van der Waals surface area contributed by atoms with Crippen LogP contribution in [0.15, 0.2) is 70.4 Å². The Kier molecular flexibility index (Phi) is 6.54. The van der Waals surface area contributed by atoms with Gasteiger partial charge in [0.25, 0.3) is 0 Å². The molecule has 0 bridgehead atoms. The number of ether oxygens (including phenoxy) is 2. The topological polar surface area (TPSA) is 85.1 Å². The van der Waals surface area contributed by atoms with Gasteiger partial charge in [0, 0.05) is 5.69 Å². The number of furan rings is 1. The average molecular weight is 413 g/mol. The molecule has 0 saturated heterocycles. The smallest absolute Gasteiger partial charge is 0.379 e. The first-order chi connectivity index (χ1) is 14.0. The van der Waals surface area contributed by atoms with Gasteiger partial charge in [-0.05, 0) is 72.4 Å². The standard InChI is InChI=1S/C20H16FN3O4S/c1-26-18-11-13(4-9-16(18)28-19(25)17-3-2-10-27-17)12-22-24-20(29)23-15-7-5-14(21)6-8-15/h2-12H,1H3,(H2,23,24,29)/b22-12-. The van der Waals surface area contributed by atoms with Crippen LogP contribution in [0.2, 0.25) is 0 Å². The summed E-state index contributed by atoms with van der Waals surface area (Å²) in [6, 6.07) is 13.8. The molecule has 0 aliphatic carbocycles. The molecule has 0 aliphatic rings. The Morgan fingerprint density at radius 3 is 2.66 bits per heavy atom. The third-order valence-corrected chi connectivity index (χ3v) is 3.79. The molecule has 9 heteroatoms. The van der Waals surface area contributed by atoms with Crippen LogP contribution in [0.1, 0.15) is 16.1 Å². The number of nitrogens with one attached hydrogen (secondary N) is 2. The lowest BCUT2D eigenvalue weighted by molar-refractivity contribution is 0.0696. The van der Waals surface area contributed by atoms with Gasteiger partial charge in [-0.3, -0.25) is 5.43 Å². The molecule has 2 N–H and O–H groups in total. The second-order valence-electron chi connectivity index (χ2n) is 5.61. The van der Waals surface area contributed by atoms with Crippen molar-refractivity contribution in [3.8, 4) is 11.5 Å². The van der Waals surface area contributed by atoms with Gasteiger partial charge < -0.3 is 19.2 Å². The molecule has 1 heterocycles. The van der Waals surface area contributed by atoms with Crippen LogP contribution in [0.3, 0.4) is 0 Å². The lowest BCUT2D eigenvalue weighted by atomic mass is 10.2. The summed E-state index contributed by atoms with van der Waals surface area (Å²) in [7, 11) is 1.46. The summed E-state index contributed by atoms with van der Waals surface area (Å²) in [6.07, 6.45) is 2.90. The molecule has 2 aromatic carbocycles. The van der Waals surface area contributed by atoms with Crippen LogP contribution in [0.25, 0.3) is 0 Å². The minimum absolute atomic E-state index is 0.0871. The Balaban J connectivity index is 1.59. The Hall–Kier alpha value is -3.72. The van der Waals surface area contributed by atoms with Gasteiger partial charge in [0.05, 0.1) is 19.6 Å². The third-order valence-electron chi connectivity index (χ3n) is 3.59. The quantitative estimate of drug-likeness (QED) is 0.208. The minimum atomic E-state index is -0.631. The molecule has 0 spiro atoms. The van der Waals surface area contributed by atoms with E-state index >= 15 is 0 Å². The van der Waals surface area contributed by atoms with E-state index in [2.05, 4.69) is 15.8 Å². The van der Waals surface area contributed by atoms with Crippen molar-refractivity contribution in [2.45, 2.75) is 0 Å². The van der Waals surface area contributed by atoms with Crippen molar-refractivity contribution >= 4 is 35.2 Å². The van der Waals surface area contributed by atoms with Gasteiger partial charge in [0.15, 0.2) is 16.6 Å². The number of hydrogen-bond donors (Lipinski definition) is 2. The molecule has 3 rings (SSSR count). The highest BCUT2D eigenvalue weighted by Gasteiger charge is 2.14. The molecule has 0 unspecified atom stereocenters. The van der Waals surface area contributed by atoms with Gasteiger partial charge in [-0.15, -0.1) is 0 Å². The van der Waals surface area contributed by atoms with Gasteiger partial charge in [-0.1, -0.05) is 0 Å². The highest BCUT2D eigenvalue weighted by Crippen LogP contribution is 2.28. The molecule has 0 fully saturated rings. The van der Waals surface area contributed by atoms with Crippen LogP contribution in [-0.2, 0) is 0 Å². The van der Waals surface area contributed by atoms with E-state index in [0.29, 0.717) is 17.0 Å². The van der Waals surface area contributed by atoms with Gasteiger partial charge in [-0.25, -0.2) is 9.18 Å². The van der Waals surface area contributed by atoms with Gasteiger partial charge >= 0.3 is 5.97 Å². The fourth-order valence-corrected chi connectivity index (χ4v) is 2.42. The van der Waals surface area contributed by atoms with E-state index < -0.39 is 5.97 Å². The first-order valence-electron chi connectivity index (χ1n) is 8.34. The number of anilines is 1. The summed E-state index contributed by atoms with van der Waals surface area (Å²) in [6.45, 7) is 0. The molecule has 0 saturated carbocycles. The van der Waals surface area contributed by atoms with Gasteiger partial charge in [0.2, 0.25) is 5.76 Å². The van der Waals surface area contributed by atoms with Crippen molar-refractivity contribution in [2.24, 2.45) is 5.10 Å². The molecule has 7 nitrogen and oxygen atoms in total. The van der Waals surface area contributed by atoms with Crippen LogP contribution >= 0.6 is 12.2 Å². The predicted octanol–water partition coefficient (Wildman–Crippen LogP) is 3.97. The number of hydrogen-bond acceptors (Lipinski definition) is 6. The maximum absolute atomic E-state index is 12.9. The van der Waals surface area contributed by atoms with Crippen molar-refractivity contribution in [3.63, 3.8) is 0 Å². The summed E-state index contributed by atoms with van der Waals surface area (Å²) in [5, 5.41) is 7.14. The van der Waals surface area contributed by atoms with Gasteiger partial charge in [0.1, 0.15) is 5.82 Å². The Morgan fingerprint density at radius 1 is 1.17 bits per heavy atom. The third kappa shape index (κ3) is 5.63. The van der Waals surface area contributed by atoms with E-state index in [1.54, 1.807) is 36.4 Å². The average Bonchev–Trinajstić information content (AvgIpc) is 3.26. The number of hydrazone groups is 1. The summed E-state index contributed by atoms with van der Waals surface area (Å²) >= 11 is 5.12. The minimum Gasteiger partial charge on any atom is -0.493 e. The first-order valence-corrected chi connectivity index (χ1v) is 8.75. The van der Waals surface area contributed by atoms with E-state index in [1.807, 2.05) is 0 Å². The molecule has 148 valence electrons. The van der Waals surface area contributed by atoms with Crippen molar-refractivity contribution in [2.75, 3.05) is 12.4 Å². The first kappa shape index (κ1) is 20.0. The van der Waals surface area contributed by atoms with E-state index in [9.17, 15) is 9.18 Å². The number of halogens is 1. The molecule has 3 aromatic rings. The fraction of sp³-hybridized carbons (Fsp3) is 0.0500. The van der Waals surface area contributed by atoms with E-state index in [-0.39, 0.29) is 22.4 Å². The summed E-state index contributed by atoms with van der Waals surface area (Å²) in [4.78, 5) is 12.0. The number of benzene rings is 2. The van der Waals surface area contributed by atoms with Crippen molar-refractivity contribution in [3.05, 3.63) is 78.0 Å². The number of thiocarbonyl (C=S) groups is 1. The SMILES string of the molecule is COc1cc(/C=N\NC(=S)Nc2ccc(F)cc2)ccc1OC(=O)c1ccco1. The van der Waals surface area contributed by atoms with Crippen LogP contribution in [0.5, 0.6) is 11.5 Å². The predicted molar refractivity (Wildman–Crippen MR) is 110 cm³/mol. The largest absolute Gasteiger partial charge is 0.493 e. The Bertz CT molecular complexity index is 1020. The molecule has 29 heavy (non-hydrogen) atoms. The van der Waals surface area contributed by atoms with Crippen LogP contribution in [0, 0.1) is 5.82 Å². The highest BCUT2D eigenvalue weighted by molar-refractivity contribution is 7.80. The lowest BCUT2D eigenvalue weighted by Crippen LogP contribution is -2.23. The molecule has 0 amide bonds. The van der Waals surface area contributed by atoms with Gasteiger partial charge in [-0.2, -0.15) is 5.10 Å².